The average molecular weight is 270 g/mol. The Balaban J connectivity index is 4.56. The number of hydroxylamine groups is 2. The molecule has 0 saturated heterocycles. The van der Waals surface area contributed by atoms with Gasteiger partial charge in [0.05, 0.1) is 19.6 Å². The van der Waals surface area contributed by atoms with Crippen molar-refractivity contribution in [2.45, 2.75) is 32.9 Å². The minimum absolute atomic E-state index is 0.103. The van der Waals surface area contributed by atoms with Gasteiger partial charge >= 0.3 is 6.18 Å². The van der Waals surface area contributed by atoms with Gasteiger partial charge in [-0.25, -0.2) is 5.06 Å². The predicted octanol–water partition coefficient (Wildman–Crippen LogP) is 1.95. The van der Waals surface area contributed by atoms with Crippen molar-refractivity contribution in [1.82, 2.24) is 5.06 Å². The van der Waals surface area contributed by atoms with E-state index in [-0.39, 0.29) is 25.4 Å². The zero-order valence-corrected chi connectivity index (χ0v) is 11.0. The lowest BCUT2D eigenvalue weighted by Crippen LogP contribution is -2.37. The number of hydrogen-bond acceptors (Lipinski definition) is 3. The van der Waals surface area contributed by atoms with E-state index in [0.29, 0.717) is 0 Å². The van der Waals surface area contributed by atoms with E-state index in [1.165, 1.54) is 7.11 Å². The summed E-state index contributed by atoms with van der Waals surface area (Å²) in [5, 5.41) is 0.972. The van der Waals surface area contributed by atoms with Crippen molar-refractivity contribution < 1.29 is 22.8 Å². The van der Waals surface area contributed by atoms with Crippen LogP contribution in [-0.2, 0) is 9.63 Å². The van der Waals surface area contributed by atoms with Crippen LogP contribution in [0.4, 0.5) is 13.2 Å². The minimum Gasteiger partial charge on any atom is -0.330 e. The third-order valence-corrected chi connectivity index (χ3v) is 2.43. The number of nitrogens with zero attached hydrogens (tertiary/aromatic N) is 1. The van der Waals surface area contributed by atoms with Crippen LogP contribution in [0.15, 0.2) is 0 Å². The van der Waals surface area contributed by atoms with Crippen LogP contribution >= 0.6 is 0 Å². The van der Waals surface area contributed by atoms with E-state index in [1.807, 2.05) is 13.8 Å². The molecule has 2 N–H and O–H groups in total. The van der Waals surface area contributed by atoms with Crippen LogP contribution in [0.3, 0.4) is 0 Å². The Kier molecular flexibility index (Phi) is 7.23. The van der Waals surface area contributed by atoms with E-state index in [2.05, 4.69) is 0 Å². The summed E-state index contributed by atoms with van der Waals surface area (Å²) in [6.07, 6.45) is -5.29. The first-order valence-electron chi connectivity index (χ1n) is 5.83. The van der Waals surface area contributed by atoms with Crippen LogP contribution in [-0.4, -0.2) is 37.3 Å². The van der Waals surface area contributed by atoms with Crippen LogP contribution in [0.5, 0.6) is 0 Å². The van der Waals surface area contributed by atoms with E-state index in [0.717, 1.165) is 5.06 Å². The maximum Gasteiger partial charge on any atom is 0.392 e. The SMILES string of the molecule is CON(CC(C)C)C(=O)CC(CCN)C(F)(F)F. The molecule has 0 aliphatic heterocycles. The molecule has 0 saturated carbocycles. The maximum atomic E-state index is 12.6. The minimum atomic E-state index is -4.41. The van der Waals surface area contributed by atoms with Crippen molar-refractivity contribution in [3.8, 4) is 0 Å². The van der Waals surface area contributed by atoms with Crippen molar-refractivity contribution in [3.05, 3.63) is 0 Å². The fourth-order valence-electron chi connectivity index (χ4n) is 1.51. The van der Waals surface area contributed by atoms with Crippen LogP contribution in [0, 0.1) is 11.8 Å². The zero-order valence-electron chi connectivity index (χ0n) is 11.0. The Morgan fingerprint density at radius 2 is 1.94 bits per heavy atom. The van der Waals surface area contributed by atoms with Gasteiger partial charge in [0.1, 0.15) is 0 Å². The largest absolute Gasteiger partial charge is 0.392 e. The normalized spacial score (nSPS) is 13.8. The van der Waals surface area contributed by atoms with Crippen LogP contribution in [0.25, 0.3) is 0 Å². The molecule has 4 nitrogen and oxygen atoms in total. The molecule has 1 amide bonds. The van der Waals surface area contributed by atoms with Crippen LogP contribution < -0.4 is 5.73 Å². The molecule has 1 atom stereocenters. The summed E-state index contributed by atoms with van der Waals surface area (Å²) in [4.78, 5) is 16.5. The zero-order chi connectivity index (χ0) is 14.3. The fraction of sp³-hybridized carbons (Fsp3) is 0.909. The third kappa shape index (κ3) is 6.20. The first kappa shape index (κ1) is 17.2. The summed E-state index contributed by atoms with van der Waals surface area (Å²) >= 11 is 0. The summed E-state index contributed by atoms with van der Waals surface area (Å²) < 4.78 is 37.9. The average Bonchev–Trinajstić information content (AvgIpc) is 2.23. The second kappa shape index (κ2) is 7.58. The molecule has 0 spiro atoms. The molecule has 1 unspecified atom stereocenters. The van der Waals surface area contributed by atoms with Crippen molar-refractivity contribution >= 4 is 5.91 Å². The van der Waals surface area contributed by atoms with Gasteiger partial charge in [0.25, 0.3) is 0 Å². The summed E-state index contributed by atoms with van der Waals surface area (Å²) in [6.45, 7) is 3.86. The Morgan fingerprint density at radius 1 is 1.39 bits per heavy atom. The molecule has 0 aromatic heterocycles. The number of nitrogens with two attached hydrogens (primary N) is 1. The Morgan fingerprint density at radius 3 is 2.28 bits per heavy atom. The van der Waals surface area contributed by atoms with Crippen molar-refractivity contribution in [1.29, 1.82) is 0 Å². The molecule has 108 valence electrons. The molecule has 0 fully saturated rings. The van der Waals surface area contributed by atoms with Crippen LogP contribution in [0.2, 0.25) is 0 Å². The highest BCUT2D eigenvalue weighted by atomic mass is 19.4. The Hall–Kier alpha value is -0.820. The van der Waals surface area contributed by atoms with Crippen molar-refractivity contribution in [2.24, 2.45) is 17.6 Å². The fourth-order valence-corrected chi connectivity index (χ4v) is 1.51. The van der Waals surface area contributed by atoms with E-state index >= 15 is 0 Å². The van der Waals surface area contributed by atoms with Gasteiger partial charge in [-0.1, -0.05) is 13.8 Å². The summed E-state index contributed by atoms with van der Waals surface area (Å²) in [6, 6.07) is 0. The molecular formula is C11H21F3N2O2. The summed E-state index contributed by atoms with van der Waals surface area (Å²) in [5.74, 6) is -2.26. The van der Waals surface area contributed by atoms with Gasteiger partial charge in [-0.3, -0.25) is 9.63 Å². The summed E-state index contributed by atoms with van der Waals surface area (Å²) in [7, 11) is 1.27. The number of rotatable bonds is 7. The monoisotopic (exact) mass is 270 g/mol. The van der Waals surface area contributed by atoms with Gasteiger partial charge in [0.15, 0.2) is 0 Å². The summed E-state index contributed by atoms with van der Waals surface area (Å²) in [5.41, 5.74) is 5.14. The lowest BCUT2D eigenvalue weighted by atomic mass is 10.00. The molecule has 0 radical (unpaired) electrons. The van der Waals surface area contributed by atoms with E-state index in [4.69, 9.17) is 10.6 Å². The lowest BCUT2D eigenvalue weighted by Gasteiger charge is -2.25. The second-order valence-corrected chi connectivity index (χ2v) is 4.55. The van der Waals surface area contributed by atoms with E-state index in [9.17, 15) is 18.0 Å². The molecule has 0 aliphatic rings. The van der Waals surface area contributed by atoms with Crippen molar-refractivity contribution in [2.75, 3.05) is 20.2 Å². The van der Waals surface area contributed by atoms with Gasteiger partial charge in [0, 0.05) is 6.42 Å². The number of carbonyl (C=O) groups excluding carboxylic acids is 1. The van der Waals surface area contributed by atoms with E-state index < -0.39 is 24.4 Å². The van der Waals surface area contributed by atoms with Gasteiger partial charge in [-0.15, -0.1) is 0 Å². The molecule has 0 aromatic carbocycles. The molecule has 18 heavy (non-hydrogen) atoms. The molecule has 0 heterocycles. The molecule has 0 aromatic rings. The smallest absolute Gasteiger partial charge is 0.330 e. The highest BCUT2D eigenvalue weighted by Gasteiger charge is 2.40. The lowest BCUT2D eigenvalue weighted by molar-refractivity contribution is -0.198. The van der Waals surface area contributed by atoms with Crippen molar-refractivity contribution in [3.63, 3.8) is 0 Å². The molecule has 0 aliphatic carbocycles. The number of hydrogen-bond donors (Lipinski definition) is 1. The third-order valence-electron chi connectivity index (χ3n) is 2.43. The molecule has 0 bridgehead atoms. The molecular weight excluding hydrogens is 249 g/mol. The standard InChI is InChI=1S/C11H21F3N2O2/c1-8(2)7-16(18-3)10(17)6-9(4-5-15)11(12,13)14/h8-9H,4-7,15H2,1-3H3. The Bertz CT molecular complexity index is 257. The second-order valence-electron chi connectivity index (χ2n) is 4.55. The first-order valence-corrected chi connectivity index (χ1v) is 5.83. The van der Waals surface area contributed by atoms with Gasteiger partial charge in [0.2, 0.25) is 5.91 Å². The number of carbonyl (C=O) groups is 1. The van der Waals surface area contributed by atoms with Gasteiger partial charge in [-0.2, -0.15) is 13.2 Å². The highest BCUT2D eigenvalue weighted by Crippen LogP contribution is 2.31. The quantitative estimate of drug-likeness (QED) is 0.719. The number of halogens is 3. The first-order chi connectivity index (χ1) is 8.22. The van der Waals surface area contributed by atoms with Gasteiger partial charge < -0.3 is 5.73 Å². The maximum absolute atomic E-state index is 12.6. The van der Waals surface area contributed by atoms with Crippen LogP contribution in [0.1, 0.15) is 26.7 Å². The van der Waals surface area contributed by atoms with E-state index in [1.54, 1.807) is 0 Å². The topological polar surface area (TPSA) is 55.6 Å². The predicted molar refractivity (Wildman–Crippen MR) is 61.4 cm³/mol. The molecule has 0 rings (SSSR count). The number of alkyl halides is 3. The van der Waals surface area contributed by atoms with Gasteiger partial charge in [-0.05, 0) is 18.9 Å². The molecule has 7 heteroatoms. The Labute approximate surface area is 105 Å². The number of amides is 1. The highest BCUT2D eigenvalue weighted by molar-refractivity contribution is 5.75.